The minimum atomic E-state index is -0.572. The largest absolute Gasteiger partial charge is 0.381 e. The number of hydrogen-bond acceptors (Lipinski definition) is 6. The molecule has 166 valence electrons. The zero-order valence-electron chi connectivity index (χ0n) is 18.5. The molecule has 1 aliphatic rings. The van der Waals surface area contributed by atoms with Crippen LogP contribution in [-0.2, 0) is 14.9 Å². The number of nitrogens with one attached hydrogen (secondary N) is 3. The first kappa shape index (κ1) is 21.8. The van der Waals surface area contributed by atoms with Gasteiger partial charge in [-0.3, -0.25) is 4.79 Å². The molecule has 3 aromatic rings. The van der Waals surface area contributed by atoms with Gasteiger partial charge in [0.05, 0.1) is 5.41 Å². The normalized spacial score (nSPS) is 15.1. The molecule has 1 fully saturated rings. The maximum atomic E-state index is 13.4. The van der Waals surface area contributed by atoms with E-state index in [4.69, 9.17) is 4.74 Å². The van der Waals surface area contributed by atoms with Crippen LogP contribution in [0.5, 0.6) is 0 Å². The Morgan fingerprint density at radius 3 is 2.31 bits per heavy atom. The van der Waals surface area contributed by atoms with Crippen LogP contribution in [0.4, 0.5) is 23.0 Å². The molecule has 2 aromatic carbocycles. The van der Waals surface area contributed by atoms with Gasteiger partial charge in [-0.15, -0.1) is 0 Å². The molecule has 1 amide bonds. The lowest BCUT2D eigenvalue weighted by atomic mass is 9.73. The van der Waals surface area contributed by atoms with E-state index in [0.717, 1.165) is 35.1 Å². The second-order valence-electron chi connectivity index (χ2n) is 7.93. The smallest absolute Gasteiger partial charge is 0.235 e. The van der Waals surface area contributed by atoms with Crippen molar-refractivity contribution in [3.63, 3.8) is 0 Å². The standard InChI is InChI=1S/C25H29N5O2/c1-3-26-22-17-23(28-18(2)27-22)29-20-9-11-21(12-10-20)30-24(31)25(13-15-32-16-14-25)19-7-5-4-6-8-19/h4-12,17H,3,13-16H2,1-2H3,(H,30,31)(H2,26,27,28,29). The van der Waals surface area contributed by atoms with E-state index < -0.39 is 5.41 Å². The van der Waals surface area contributed by atoms with E-state index in [-0.39, 0.29) is 5.91 Å². The lowest BCUT2D eigenvalue weighted by Crippen LogP contribution is -2.44. The van der Waals surface area contributed by atoms with Gasteiger partial charge in [0.2, 0.25) is 5.91 Å². The molecule has 0 unspecified atom stereocenters. The summed E-state index contributed by atoms with van der Waals surface area (Å²) in [6.07, 6.45) is 1.34. The number of benzene rings is 2. The Balaban J connectivity index is 1.48. The molecule has 0 bridgehead atoms. The summed E-state index contributed by atoms with van der Waals surface area (Å²) in [7, 11) is 0. The van der Waals surface area contributed by atoms with Gasteiger partial charge in [-0.2, -0.15) is 0 Å². The number of anilines is 4. The highest BCUT2D eigenvalue weighted by atomic mass is 16.5. The second-order valence-corrected chi connectivity index (χ2v) is 7.93. The van der Waals surface area contributed by atoms with Crippen molar-refractivity contribution in [3.8, 4) is 0 Å². The highest BCUT2D eigenvalue weighted by Crippen LogP contribution is 2.36. The van der Waals surface area contributed by atoms with E-state index in [1.165, 1.54) is 0 Å². The van der Waals surface area contributed by atoms with Crippen molar-refractivity contribution >= 4 is 28.9 Å². The minimum absolute atomic E-state index is 0.00872. The summed E-state index contributed by atoms with van der Waals surface area (Å²) in [6.45, 7) is 5.85. The molecule has 1 aromatic heterocycles. The van der Waals surface area contributed by atoms with Crippen molar-refractivity contribution in [1.82, 2.24) is 9.97 Å². The van der Waals surface area contributed by atoms with Crippen LogP contribution in [0.25, 0.3) is 0 Å². The van der Waals surface area contributed by atoms with E-state index in [1.54, 1.807) is 0 Å². The number of nitrogens with zero attached hydrogens (tertiary/aromatic N) is 2. The summed E-state index contributed by atoms with van der Waals surface area (Å²) in [5.74, 6) is 2.21. The molecular formula is C25H29N5O2. The fourth-order valence-corrected chi connectivity index (χ4v) is 4.06. The number of carbonyl (C=O) groups is 1. The monoisotopic (exact) mass is 431 g/mol. The van der Waals surface area contributed by atoms with Gasteiger partial charge in [-0.05, 0) is 56.5 Å². The molecule has 1 aliphatic heterocycles. The topological polar surface area (TPSA) is 88.2 Å². The van der Waals surface area contributed by atoms with E-state index in [2.05, 4.69) is 25.9 Å². The fraction of sp³-hybridized carbons (Fsp3) is 0.320. The van der Waals surface area contributed by atoms with Gasteiger partial charge in [0, 0.05) is 37.2 Å². The predicted octanol–water partition coefficient (Wildman–Crippen LogP) is 4.65. The first-order chi connectivity index (χ1) is 15.6. The van der Waals surface area contributed by atoms with Crippen molar-refractivity contribution in [2.24, 2.45) is 0 Å². The number of ether oxygens (including phenoxy) is 1. The SMILES string of the molecule is CCNc1cc(Nc2ccc(NC(=O)C3(c4ccccc4)CCOCC3)cc2)nc(C)n1. The van der Waals surface area contributed by atoms with Gasteiger partial charge < -0.3 is 20.7 Å². The Kier molecular flexibility index (Phi) is 6.66. The van der Waals surface area contributed by atoms with Crippen LogP contribution >= 0.6 is 0 Å². The van der Waals surface area contributed by atoms with Gasteiger partial charge in [-0.25, -0.2) is 9.97 Å². The Hall–Kier alpha value is -3.45. The maximum absolute atomic E-state index is 13.4. The van der Waals surface area contributed by atoms with Crippen molar-refractivity contribution in [1.29, 1.82) is 0 Å². The van der Waals surface area contributed by atoms with Crippen molar-refractivity contribution in [2.45, 2.75) is 32.1 Å². The molecule has 3 N–H and O–H groups in total. The van der Waals surface area contributed by atoms with Crippen LogP contribution in [0.2, 0.25) is 0 Å². The van der Waals surface area contributed by atoms with Crippen LogP contribution in [0.15, 0.2) is 60.7 Å². The van der Waals surface area contributed by atoms with Gasteiger partial charge in [-0.1, -0.05) is 30.3 Å². The molecule has 0 spiro atoms. The molecule has 0 aliphatic carbocycles. The van der Waals surface area contributed by atoms with Crippen molar-refractivity contribution in [2.75, 3.05) is 35.7 Å². The molecule has 1 saturated heterocycles. The number of amides is 1. The summed E-state index contributed by atoms with van der Waals surface area (Å²) in [4.78, 5) is 22.2. The van der Waals surface area contributed by atoms with Gasteiger partial charge in [0.1, 0.15) is 17.5 Å². The number of aromatic nitrogens is 2. The Bertz CT molecular complexity index is 1050. The average Bonchev–Trinajstić information content (AvgIpc) is 2.81. The van der Waals surface area contributed by atoms with Crippen molar-refractivity contribution in [3.05, 3.63) is 72.1 Å². The summed E-state index contributed by atoms with van der Waals surface area (Å²) < 4.78 is 5.55. The molecule has 0 atom stereocenters. The summed E-state index contributed by atoms with van der Waals surface area (Å²) in [6, 6.07) is 19.5. The zero-order chi connectivity index (χ0) is 22.4. The lowest BCUT2D eigenvalue weighted by molar-refractivity contribution is -0.125. The van der Waals surface area contributed by atoms with Crippen LogP contribution < -0.4 is 16.0 Å². The molecule has 7 nitrogen and oxygen atoms in total. The van der Waals surface area contributed by atoms with Crippen molar-refractivity contribution < 1.29 is 9.53 Å². The minimum Gasteiger partial charge on any atom is -0.381 e. The van der Waals surface area contributed by atoms with E-state index in [9.17, 15) is 4.79 Å². The molecule has 32 heavy (non-hydrogen) atoms. The molecular weight excluding hydrogens is 402 g/mol. The van der Waals surface area contributed by atoms with E-state index in [1.807, 2.05) is 74.5 Å². The maximum Gasteiger partial charge on any atom is 0.235 e. The third kappa shape index (κ3) is 4.89. The van der Waals surface area contributed by atoms with Crippen LogP contribution in [0.1, 0.15) is 31.2 Å². The van der Waals surface area contributed by atoms with Gasteiger partial charge in [0.25, 0.3) is 0 Å². The van der Waals surface area contributed by atoms with Crippen LogP contribution in [0, 0.1) is 6.92 Å². The quantitative estimate of drug-likeness (QED) is 0.505. The van der Waals surface area contributed by atoms with E-state index in [0.29, 0.717) is 31.9 Å². The van der Waals surface area contributed by atoms with E-state index >= 15 is 0 Å². The molecule has 0 saturated carbocycles. The Morgan fingerprint density at radius 2 is 1.62 bits per heavy atom. The van der Waals surface area contributed by atoms with Gasteiger partial charge in [0.15, 0.2) is 0 Å². The number of rotatable bonds is 7. The summed E-state index contributed by atoms with van der Waals surface area (Å²) >= 11 is 0. The average molecular weight is 432 g/mol. The first-order valence-electron chi connectivity index (χ1n) is 11.0. The zero-order valence-corrected chi connectivity index (χ0v) is 18.5. The number of aryl methyl sites for hydroxylation is 1. The molecule has 2 heterocycles. The third-order valence-corrected chi connectivity index (χ3v) is 5.72. The molecule has 7 heteroatoms. The molecule has 4 rings (SSSR count). The van der Waals surface area contributed by atoms with Crippen LogP contribution in [0.3, 0.4) is 0 Å². The molecule has 0 radical (unpaired) electrons. The third-order valence-electron chi connectivity index (χ3n) is 5.72. The first-order valence-corrected chi connectivity index (χ1v) is 11.0. The number of hydrogen-bond donors (Lipinski definition) is 3. The lowest BCUT2D eigenvalue weighted by Gasteiger charge is -2.36. The summed E-state index contributed by atoms with van der Waals surface area (Å²) in [5, 5.41) is 9.63. The number of carbonyl (C=O) groups excluding carboxylic acids is 1. The predicted molar refractivity (Wildman–Crippen MR) is 127 cm³/mol. The highest BCUT2D eigenvalue weighted by molar-refractivity contribution is 5.99. The Labute approximate surface area is 188 Å². The fourth-order valence-electron chi connectivity index (χ4n) is 4.06. The Morgan fingerprint density at radius 1 is 0.969 bits per heavy atom. The van der Waals surface area contributed by atoms with Gasteiger partial charge >= 0.3 is 0 Å². The summed E-state index contributed by atoms with van der Waals surface area (Å²) in [5.41, 5.74) is 2.11. The highest BCUT2D eigenvalue weighted by Gasteiger charge is 2.41. The second kappa shape index (κ2) is 9.78. The van der Waals surface area contributed by atoms with Crippen LogP contribution in [-0.4, -0.2) is 35.6 Å².